The van der Waals surface area contributed by atoms with E-state index in [-0.39, 0.29) is 0 Å². The molecule has 0 saturated heterocycles. The van der Waals surface area contributed by atoms with E-state index in [0.717, 1.165) is 46.5 Å². The van der Waals surface area contributed by atoms with Crippen molar-refractivity contribution in [3.05, 3.63) is 103 Å². The van der Waals surface area contributed by atoms with Crippen LogP contribution in [0.2, 0.25) is 0 Å². The molecule has 0 radical (unpaired) electrons. The zero-order chi connectivity index (χ0) is 25.3. The van der Waals surface area contributed by atoms with Crippen LogP contribution in [0.4, 0.5) is 28.4 Å². The molecular weight excluding hydrogens is 459 g/mol. The van der Waals surface area contributed by atoms with E-state index in [1.54, 1.807) is 0 Å². The van der Waals surface area contributed by atoms with Crippen LogP contribution in [-0.4, -0.2) is 30.0 Å². The van der Waals surface area contributed by atoms with E-state index in [1.807, 2.05) is 67.7 Å². The van der Waals surface area contributed by atoms with Crippen LogP contribution in [0.5, 0.6) is 0 Å². The van der Waals surface area contributed by atoms with Crippen molar-refractivity contribution < 1.29 is 19.3 Å². The van der Waals surface area contributed by atoms with Crippen molar-refractivity contribution in [2.75, 3.05) is 24.3 Å². The highest BCUT2D eigenvalue weighted by Crippen LogP contribution is 2.22. The number of anilines is 3. The molecule has 0 spiro atoms. The summed E-state index contributed by atoms with van der Waals surface area (Å²) in [7, 11) is -1.97. The summed E-state index contributed by atoms with van der Waals surface area (Å²) in [5, 5.41) is 6.52. The number of benzene rings is 3. The summed E-state index contributed by atoms with van der Waals surface area (Å²) < 4.78 is 9.22. The minimum absolute atomic E-state index is 0.743. The van der Waals surface area contributed by atoms with Crippen molar-refractivity contribution in [1.82, 2.24) is 0 Å². The molecule has 4 N–H and O–H groups in total. The van der Waals surface area contributed by atoms with E-state index >= 15 is 0 Å². The summed E-state index contributed by atoms with van der Waals surface area (Å²) in [6, 6.07) is 24.7. The zero-order valence-electron chi connectivity index (χ0n) is 19.9. The van der Waals surface area contributed by atoms with E-state index in [1.165, 1.54) is 5.56 Å². The van der Waals surface area contributed by atoms with Crippen LogP contribution in [0.15, 0.2) is 102 Å². The minimum Gasteiger partial charge on any atom is -0.779 e. The average molecular weight is 489 g/mol. The molecule has 1 aliphatic carbocycles. The molecule has 1 atom stereocenters. The molecule has 0 saturated carbocycles. The van der Waals surface area contributed by atoms with Gasteiger partial charge in [-0.05, 0) is 67.6 Å². The lowest BCUT2D eigenvalue weighted by atomic mass is 10.1. The summed E-state index contributed by atoms with van der Waals surface area (Å²) in [5.74, 6) is 0. The fourth-order valence-corrected chi connectivity index (χ4v) is 3.08. The summed E-state index contributed by atoms with van der Waals surface area (Å²) in [4.78, 5) is 24.9. The van der Waals surface area contributed by atoms with Crippen molar-refractivity contribution in [3.63, 3.8) is 0 Å². The Labute approximate surface area is 205 Å². The highest BCUT2D eigenvalue weighted by molar-refractivity contribution is 7.49. The highest BCUT2D eigenvalue weighted by atomic mass is 31.2. The van der Waals surface area contributed by atoms with Gasteiger partial charge in [0.25, 0.3) is 0 Å². The van der Waals surface area contributed by atoms with Gasteiger partial charge in [-0.1, -0.05) is 17.7 Å². The molecule has 7 nitrogen and oxygen atoms in total. The van der Waals surface area contributed by atoms with E-state index in [2.05, 4.69) is 58.9 Å². The van der Waals surface area contributed by atoms with Crippen LogP contribution >= 0.6 is 7.60 Å². The number of nitrogens with one attached hydrogen (secondary N) is 3. The Morgan fingerprint density at radius 2 is 1.31 bits per heavy atom. The Bertz CT molecular complexity index is 1260. The Morgan fingerprint density at radius 1 is 0.829 bits per heavy atom. The van der Waals surface area contributed by atoms with Gasteiger partial charge >= 0.3 is 0 Å². The maximum atomic E-state index is 9.22. The van der Waals surface area contributed by atoms with Crippen molar-refractivity contribution >= 4 is 47.5 Å². The molecule has 0 fully saturated rings. The maximum Gasteiger partial charge on any atom is 0.204 e. The molecular formula is C27H29N4O3P. The van der Waals surface area contributed by atoms with Gasteiger partial charge in [0.15, 0.2) is 0 Å². The first-order valence-electron chi connectivity index (χ1n) is 11.0. The number of hydrogen-bond donors (Lipinski definition) is 4. The second-order valence-electron chi connectivity index (χ2n) is 7.95. The number of aliphatic imine (C=N–C) groups is 1. The molecule has 1 unspecified atom stereocenters. The smallest absolute Gasteiger partial charge is 0.204 e. The number of hydrogen-bond acceptors (Lipinski definition) is 5. The topological polar surface area (TPSA) is 111 Å². The third-order valence-corrected chi connectivity index (χ3v) is 4.80. The maximum absolute atomic E-state index is 9.22. The zero-order valence-corrected chi connectivity index (χ0v) is 20.8. The fraction of sp³-hybridized carbons (Fsp3) is 0.111. The molecule has 4 rings (SSSR count). The third kappa shape index (κ3) is 9.55. The van der Waals surface area contributed by atoms with Gasteiger partial charge in [0.05, 0.1) is 11.4 Å². The summed E-state index contributed by atoms with van der Waals surface area (Å²) >= 11 is 0. The lowest BCUT2D eigenvalue weighted by Gasteiger charge is -2.08. The first-order valence-corrected chi connectivity index (χ1v) is 13.0. The number of rotatable bonds is 5. The van der Waals surface area contributed by atoms with Crippen molar-refractivity contribution in [1.29, 1.82) is 0 Å². The van der Waals surface area contributed by atoms with Gasteiger partial charge in [-0.3, -0.25) is 0 Å². The third-order valence-electron chi connectivity index (χ3n) is 4.80. The monoisotopic (exact) mass is 488 g/mol. The number of aryl methyl sites for hydroxylation is 1. The molecule has 0 heterocycles. The van der Waals surface area contributed by atoms with Crippen molar-refractivity contribution in [3.8, 4) is 0 Å². The summed E-state index contributed by atoms with van der Waals surface area (Å²) in [5.41, 5.74) is 8.39. The summed E-state index contributed by atoms with van der Waals surface area (Å²) in [6.07, 6.45) is 8.13. The lowest BCUT2D eigenvalue weighted by Crippen LogP contribution is -2.65. The van der Waals surface area contributed by atoms with E-state index in [4.69, 9.17) is 9.89 Å². The van der Waals surface area contributed by atoms with Gasteiger partial charge in [-0.2, -0.15) is 0 Å². The van der Waals surface area contributed by atoms with Crippen molar-refractivity contribution in [2.24, 2.45) is 4.99 Å². The molecule has 3 aromatic rings. The minimum atomic E-state index is -3.89. The van der Waals surface area contributed by atoms with Crippen LogP contribution < -0.4 is 20.5 Å². The average Bonchev–Trinajstić information content (AvgIpc) is 2.82. The Balaban J connectivity index is 0.000000623. The van der Waals surface area contributed by atoms with Gasteiger partial charge in [-0.15, -0.1) is 0 Å². The van der Waals surface area contributed by atoms with Crippen molar-refractivity contribution in [2.45, 2.75) is 6.92 Å². The van der Waals surface area contributed by atoms with Gasteiger partial charge in [0.1, 0.15) is 7.60 Å². The Morgan fingerprint density at radius 3 is 1.83 bits per heavy atom. The molecule has 35 heavy (non-hydrogen) atoms. The van der Waals surface area contributed by atoms with E-state index in [9.17, 15) is 9.46 Å². The van der Waals surface area contributed by atoms with Crippen LogP contribution in [-0.2, 0) is 4.57 Å². The second kappa shape index (κ2) is 12.1. The van der Waals surface area contributed by atoms with E-state index in [0.29, 0.717) is 0 Å². The summed E-state index contributed by atoms with van der Waals surface area (Å²) in [6.45, 7) is 2.83. The van der Waals surface area contributed by atoms with Crippen LogP contribution in [0.25, 0.3) is 0 Å². The van der Waals surface area contributed by atoms with Crippen LogP contribution in [0, 0.1) is 6.92 Å². The number of nitrogens with zero attached hydrogens (tertiary/aromatic N) is 1. The number of allylic oxidation sites excluding steroid dienone is 4. The lowest BCUT2D eigenvalue weighted by molar-refractivity contribution is -0.351. The molecule has 3 aromatic carbocycles. The fourth-order valence-electron chi connectivity index (χ4n) is 3.08. The highest BCUT2D eigenvalue weighted by Gasteiger charge is 2.05. The molecule has 0 amide bonds. The molecule has 0 bridgehead atoms. The molecule has 0 aromatic heterocycles. The predicted molar refractivity (Wildman–Crippen MR) is 144 cm³/mol. The molecule has 8 heteroatoms. The first kappa shape index (κ1) is 25.8. The SMILES string of the molecule is CNc1ccc(Nc2ccc(N=C3C=CC(=[NH+]c4ccc(C)cc4)C=C3)cc2)cc1.CP(=O)([O-])O. The first-order chi connectivity index (χ1) is 16.7. The van der Waals surface area contributed by atoms with Gasteiger partial charge in [-0.25, -0.2) is 9.98 Å². The Hall–Kier alpha value is -3.77. The molecule has 180 valence electrons. The van der Waals surface area contributed by atoms with Crippen LogP contribution in [0.3, 0.4) is 0 Å². The largest absolute Gasteiger partial charge is 0.779 e. The van der Waals surface area contributed by atoms with Gasteiger partial charge < -0.3 is 25.0 Å². The van der Waals surface area contributed by atoms with Gasteiger partial charge in [0, 0.05) is 55.1 Å². The van der Waals surface area contributed by atoms with Crippen LogP contribution in [0.1, 0.15) is 5.56 Å². The van der Waals surface area contributed by atoms with E-state index < -0.39 is 7.60 Å². The predicted octanol–water partition coefficient (Wildman–Crippen LogP) is 3.99. The quantitative estimate of drug-likeness (QED) is 0.321. The standard InChI is InChI=1S/C26H24N4.CH5O3P/c1-19-3-5-21(6-4-19)28-23-11-13-25(14-12-23)30-26-17-15-24(16-18-26)29-22-9-7-20(27-2)8-10-22;1-5(2,3)4/h3-18,27,29H,1-2H3;1H3,(H2,2,3,4). The van der Waals surface area contributed by atoms with Gasteiger partial charge in [0.2, 0.25) is 11.4 Å². The molecule has 1 aliphatic rings. The normalized spacial score (nSPS) is 13.9. The molecule has 0 aliphatic heterocycles. The second-order valence-corrected chi connectivity index (χ2v) is 9.56. The Kier molecular flexibility index (Phi) is 8.92.